The Labute approximate surface area is 173 Å². The van der Waals surface area contributed by atoms with Crippen LogP contribution in [0.1, 0.15) is 36.5 Å². The van der Waals surface area contributed by atoms with Gasteiger partial charge in [-0.2, -0.15) is 0 Å². The van der Waals surface area contributed by atoms with Gasteiger partial charge in [-0.05, 0) is 44.2 Å². The smallest absolute Gasteiger partial charge is 0.194 e. The summed E-state index contributed by atoms with van der Waals surface area (Å²) in [6.45, 7) is 7.03. The van der Waals surface area contributed by atoms with Gasteiger partial charge in [0, 0.05) is 39.8 Å². The quantitative estimate of drug-likeness (QED) is 0.635. The number of hydrogen-bond acceptors (Lipinski definition) is 4. The molecule has 3 heterocycles. The predicted octanol–water partition coefficient (Wildman–Crippen LogP) is 2.19. The van der Waals surface area contributed by atoms with Gasteiger partial charge >= 0.3 is 0 Å². The van der Waals surface area contributed by atoms with E-state index in [2.05, 4.69) is 60.6 Å². The van der Waals surface area contributed by atoms with E-state index in [1.165, 1.54) is 31.4 Å². The van der Waals surface area contributed by atoms with Gasteiger partial charge < -0.3 is 14.8 Å². The number of guanidine groups is 1. The average Bonchev–Trinajstić information content (AvgIpc) is 3.07. The van der Waals surface area contributed by atoms with Gasteiger partial charge in [0.15, 0.2) is 11.8 Å². The normalized spacial score (nSPS) is 23.1. The first-order valence-corrected chi connectivity index (χ1v) is 10.7. The van der Waals surface area contributed by atoms with Crippen molar-refractivity contribution in [1.29, 1.82) is 0 Å². The number of aromatic nitrogens is 3. The van der Waals surface area contributed by atoms with Crippen LogP contribution in [0.5, 0.6) is 0 Å². The Morgan fingerprint density at radius 3 is 2.72 bits per heavy atom. The monoisotopic (exact) mass is 395 g/mol. The number of hydrogen-bond donors (Lipinski definition) is 1. The highest BCUT2D eigenvalue weighted by molar-refractivity contribution is 5.79. The molecule has 2 fully saturated rings. The molecule has 0 saturated carbocycles. The van der Waals surface area contributed by atoms with E-state index in [1.54, 1.807) is 0 Å². The minimum atomic E-state index is 0.648. The number of piperidine rings is 2. The maximum absolute atomic E-state index is 4.55. The molecule has 2 aliphatic rings. The molecule has 2 saturated heterocycles. The zero-order valence-electron chi connectivity index (χ0n) is 17.9. The predicted molar refractivity (Wildman–Crippen MR) is 115 cm³/mol. The topological polar surface area (TPSA) is 61.6 Å². The third-order valence-corrected chi connectivity index (χ3v) is 6.51. The van der Waals surface area contributed by atoms with Crippen molar-refractivity contribution in [3.8, 4) is 0 Å². The van der Waals surface area contributed by atoms with Crippen molar-refractivity contribution in [1.82, 2.24) is 29.9 Å². The highest BCUT2D eigenvalue weighted by Crippen LogP contribution is 2.31. The largest absolute Gasteiger partial charge is 0.349 e. The van der Waals surface area contributed by atoms with Crippen molar-refractivity contribution in [3.63, 3.8) is 0 Å². The molecule has 0 amide bonds. The lowest BCUT2D eigenvalue weighted by atomic mass is 9.83. The van der Waals surface area contributed by atoms with Gasteiger partial charge in [-0.1, -0.05) is 30.3 Å². The summed E-state index contributed by atoms with van der Waals surface area (Å²) in [7, 11) is 3.88. The van der Waals surface area contributed by atoms with Crippen LogP contribution >= 0.6 is 0 Å². The summed E-state index contributed by atoms with van der Waals surface area (Å²) in [6, 6.07) is 11.6. The minimum Gasteiger partial charge on any atom is -0.349 e. The molecule has 4 rings (SSSR count). The molecule has 1 aromatic carbocycles. The maximum Gasteiger partial charge on any atom is 0.194 e. The van der Waals surface area contributed by atoms with E-state index in [0.29, 0.717) is 18.5 Å². The first kappa shape index (κ1) is 19.9. The van der Waals surface area contributed by atoms with Crippen LogP contribution in [-0.4, -0.2) is 63.2 Å². The Hall–Kier alpha value is -2.41. The van der Waals surface area contributed by atoms with Gasteiger partial charge in [0.05, 0.1) is 6.54 Å². The summed E-state index contributed by atoms with van der Waals surface area (Å²) in [5.41, 5.74) is 1.42. The van der Waals surface area contributed by atoms with Crippen LogP contribution in [-0.2, 0) is 20.1 Å². The van der Waals surface area contributed by atoms with E-state index in [-0.39, 0.29) is 0 Å². The molecule has 2 atom stereocenters. The van der Waals surface area contributed by atoms with Crippen molar-refractivity contribution in [2.45, 2.75) is 45.3 Å². The lowest BCUT2D eigenvalue weighted by molar-refractivity contribution is 0.0372. The molecule has 1 N–H and O–H groups in total. The summed E-state index contributed by atoms with van der Waals surface area (Å²) in [4.78, 5) is 9.68. The number of aryl methyl sites for hydroxylation is 1. The number of fused-ring (bicyclic) bond motifs is 1. The molecule has 2 aromatic rings. The first-order chi connectivity index (χ1) is 14.2. The SMILES string of the molecule is CN=C(NCc1nnc(C)n1C)N1CCC2C(CCCN2Cc2ccccc2)C1. The van der Waals surface area contributed by atoms with Crippen LogP contribution in [0.4, 0.5) is 0 Å². The van der Waals surface area contributed by atoms with Gasteiger partial charge in [-0.3, -0.25) is 9.89 Å². The lowest BCUT2D eigenvalue weighted by Gasteiger charge is -2.48. The Balaban J connectivity index is 1.36. The number of nitrogens with zero attached hydrogens (tertiary/aromatic N) is 6. The highest BCUT2D eigenvalue weighted by Gasteiger charge is 2.36. The Bertz CT molecular complexity index is 829. The zero-order chi connectivity index (χ0) is 20.2. The van der Waals surface area contributed by atoms with Crippen LogP contribution in [0, 0.1) is 12.8 Å². The zero-order valence-corrected chi connectivity index (χ0v) is 17.9. The Kier molecular flexibility index (Phi) is 6.13. The fourth-order valence-corrected chi connectivity index (χ4v) is 4.81. The molecule has 0 radical (unpaired) electrons. The van der Waals surface area contributed by atoms with Crippen LogP contribution in [0.15, 0.2) is 35.3 Å². The Morgan fingerprint density at radius 2 is 2.00 bits per heavy atom. The van der Waals surface area contributed by atoms with Gasteiger partial charge in [0.1, 0.15) is 5.82 Å². The number of likely N-dealkylation sites (tertiary alicyclic amines) is 2. The molecule has 7 nitrogen and oxygen atoms in total. The van der Waals surface area contributed by atoms with Crippen molar-refractivity contribution in [2.75, 3.05) is 26.7 Å². The maximum atomic E-state index is 4.55. The van der Waals surface area contributed by atoms with Crippen molar-refractivity contribution < 1.29 is 0 Å². The second-order valence-corrected chi connectivity index (χ2v) is 8.28. The minimum absolute atomic E-state index is 0.648. The number of benzene rings is 1. The molecule has 7 heteroatoms. The fraction of sp³-hybridized carbons (Fsp3) is 0.591. The summed E-state index contributed by atoms with van der Waals surface area (Å²) in [5, 5.41) is 11.9. The molecule has 0 bridgehead atoms. The van der Waals surface area contributed by atoms with Gasteiger partial charge in [0.2, 0.25) is 0 Å². The molecule has 1 aromatic heterocycles. The van der Waals surface area contributed by atoms with E-state index < -0.39 is 0 Å². The molecule has 0 aliphatic carbocycles. The summed E-state index contributed by atoms with van der Waals surface area (Å²) >= 11 is 0. The van der Waals surface area contributed by atoms with Crippen LogP contribution < -0.4 is 5.32 Å². The average molecular weight is 396 g/mol. The molecular weight excluding hydrogens is 362 g/mol. The molecule has 0 spiro atoms. The molecule has 156 valence electrons. The van der Waals surface area contributed by atoms with E-state index in [1.807, 2.05) is 25.6 Å². The lowest BCUT2D eigenvalue weighted by Crippen LogP contribution is -2.56. The van der Waals surface area contributed by atoms with E-state index in [0.717, 1.165) is 37.2 Å². The van der Waals surface area contributed by atoms with Crippen molar-refractivity contribution in [3.05, 3.63) is 47.5 Å². The number of rotatable bonds is 4. The first-order valence-electron chi connectivity index (χ1n) is 10.7. The molecular formula is C22H33N7. The second kappa shape index (κ2) is 8.95. The summed E-state index contributed by atoms with van der Waals surface area (Å²) in [6.07, 6.45) is 3.79. The molecule has 29 heavy (non-hydrogen) atoms. The van der Waals surface area contributed by atoms with Gasteiger partial charge in [0.25, 0.3) is 0 Å². The van der Waals surface area contributed by atoms with Crippen LogP contribution in [0.25, 0.3) is 0 Å². The van der Waals surface area contributed by atoms with E-state index in [4.69, 9.17) is 0 Å². The van der Waals surface area contributed by atoms with Crippen molar-refractivity contribution in [2.24, 2.45) is 18.0 Å². The van der Waals surface area contributed by atoms with Gasteiger partial charge in [-0.25, -0.2) is 0 Å². The summed E-state index contributed by atoms with van der Waals surface area (Å²) in [5.74, 6) is 3.55. The number of aliphatic imine (C=N–C) groups is 1. The summed E-state index contributed by atoms with van der Waals surface area (Å²) < 4.78 is 2.02. The van der Waals surface area contributed by atoms with E-state index in [9.17, 15) is 0 Å². The standard InChI is InChI=1S/C22H33N7/c1-17-25-26-21(27(17)3)14-24-22(23-2)29-13-11-20-19(16-29)10-7-12-28(20)15-18-8-5-4-6-9-18/h4-6,8-9,19-20H,7,10-16H2,1-3H3,(H,23,24). The fourth-order valence-electron chi connectivity index (χ4n) is 4.81. The van der Waals surface area contributed by atoms with Gasteiger partial charge in [-0.15, -0.1) is 10.2 Å². The number of nitrogens with one attached hydrogen (secondary N) is 1. The van der Waals surface area contributed by atoms with Crippen LogP contribution in [0.2, 0.25) is 0 Å². The van der Waals surface area contributed by atoms with E-state index >= 15 is 0 Å². The third-order valence-electron chi connectivity index (χ3n) is 6.51. The van der Waals surface area contributed by atoms with Crippen LogP contribution in [0.3, 0.4) is 0 Å². The van der Waals surface area contributed by atoms with Crippen molar-refractivity contribution >= 4 is 5.96 Å². The second-order valence-electron chi connectivity index (χ2n) is 8.28. The molecule has 2 unspecified atom stereocenters. The highest BCUT2D eigenvalue weighted by atomic mass is 15.3. The Morgan fingerprint density at radius 1 is 1.17 bits per heavy atom. The third kappa shape index (κ3) is 4.45. The molecule has 2 aliphatic heterocycles.